The van der Waals surface area contributed by atoms with Crippen LogP contribution in [0.1, 0.15) is 86.2 Å². The summed E-state index contributed by atoms with van der Waals surface area (Å²) in [6.45, 7) is 3.35. The summed E-state index contributed by atoms with van der Waals surface area (Å²) in [4.78, 5) is 29.3. The summed E-state index contributed by atoms with van der Waals surface area (Å²) >= 11 is 0. The first-order valence-corrected chi connectivity index (χ1v) is 13.5. The number of urea groups is 1. The molecule has 4 heterocycles. The number of nitrogens with zero attached hydrogens (tertiary/aromatic N) is 6. The molecule has 5 fully saturated rings. The average Bonchev–Trinajstić information content (AvgIpc) is 3.53. The second kappa shape index (κ2) is 8.14. The predicted octanol–water partition coefficient (Wildman–Crippen LogP) is 4.53. The first-order chi connectivity index (χ1) is 17.7. The van der Waals surface area contributed by atoms with Gasteiger partial charge in [0, 0.05) is 55.0 Å². The van der Waals surface area contributed by atoms with Crippen LogP contribution < -0.4 is 0 Å². The lowest BCUT2D eigenvalue weighted by atomic mass is 9.57. The molecule has 198 valence electrons. The molecule has 2 amide bonds. The maximum absolute atomic E-state index is 13.0. The zero-order valence-corrected chi connectivity index (χ0v) is 20.8. The zero-order valence-electron chi connectivity index (χ0n) is 20.8. The maximum Gasteiger partial charge on any atom is 0.434 e. The van der Waals surface area contributed by atoms with Gasteiger partial charge in [0.15, 0.2) is 11.5 Å². The quantitative estimate of drug-likeness (QED) is 0.646. The Morgan fingerprint density at radius 1 is 0.946 bits per heavy atom. The van der Waals surface area contributed by atoms with E-state index < -0.39 is 11.9 Å². The smallest absolute Gasteiger partial charge is 0.323 e. The lowest BCUT2D eigenvalue weighted by Gasteiger charge is -2.61. The molecule has 2 aromatic heterocycles. The third-order valence-corrected chi connectivity index (χ3v) is 9.51. The van der Waals surface area contributed by atoms with Gasteiger partial charge < -0.3 is 9.80 Å². The largest absolute Gasteiger partial charge is 0.434 e. The predicted molar refractivity (Wildman–Crippen MR) is 126 cm³/mol. The van der Waals surface area contributed by atoms with E-state index in [1.807, 2.05) is 9.80 Å². The highest BCUT2D eigenvalue weighted by atomic mass is 19.4. The molecule has 1 N–H and O–H groups in total. The minimum absolute atomic E-state index is 0.177. The van der Waals surface area contributed by atoms with Gasteiger partial charge in [0.25, 0.3) is 0 Å². The van der Waals surface area contributed by atoms with Gasteiger partial charge >= 0.3 is 12.2 Å². The molecule has 7 rings (SSSR count). The second-order valence-electron chi connectivity index (χ2n) is 12.5. The van der Waals surface area contributed by atoms with Crippen LogP contribution >= 0.6 is 0 Å². The molecule has 0 unspecified atom stereocenters. The van der Waals surface area contributed by atoms with Gasteiger partial charge in [-0.1, -0.05) is 0 Å². The van der Waals surface area contributed by atoms with Crippen molar-refractivity contribution in [2.45, 2.75) is 75.8 Å². The molecule has 11 heteroatoms. The van der Waals surface area contributed by atoms with Crippen molar-refractivity contribution in [2.75, 3.05) is 26.2 Å². The lowest BCUT2D eigenvalue weighted by Crippen LogP contribution is -2.69. The van der Waals surface area contributed by atoms with Crippen molar-refractivity contribution in [3.63, 3.8) is 0 Å². The molecule has 3 aliphatic carbocycles. The second-order valence-corrected chi connectivity index (χ2v) is 12.5. The number of hydrogen-bond acceptors (Lipinski definition) is 5. The molecule has 3 saturated carbocycles. The Bertz CT molecular complexity index is 1160. The van der Waals surface area contributed by atoms with Crippen molar-refractivity contribution in [1.82, 2.24) is 34.9 Å². The fraction of sp³-hybridized carbons (Fsp3) is 0.731. The average molecular weight is 516 g/mol. The number of rotatable bonds is 4. The highest BCUT2D eigenvalue weighted by Crippen LogP contribution is 2.56. The maximum atomic E-state index is 13.0. The van der Waals surface area contributed by atoms with Crippen molar-refractivity contribution in [3.05, 3.63) is 35.4 Å². The summed E-state index contributed by atoms with van der Waals surface area (Å²) in [6.07, 6.45) is 7.04. The molecule has 37 heavy (non-hydrogen) atoms. The third-order valence-electron chi connectivity index (χ3n) is 9.51. The van der Waals surface area contributed by atoms with E-state index in [0.717, 1.165) is 82.5 Å². The van der Waals surface area contributed by atoms with Crippen LogP contribution in [0.4, 0.5) is 18.0 Å². The van der Waals surface area contributed by atoms with Crippen LogP contribution in [0.15, 0.2) is 12.4 Å². The molecule has 0 radical (unpaired) electrons. The summed E-state index contributed by atoms with van der Waals surface area (Å²) < 4.78 is 38.1. The number of H-pyrrole nitrogens is 1. The van der Waals surface area contributed by atoms with Gasteiger partial charge in [-0.25, -0.2) is 14.8 Å². The number of likely N-dealkylation sites (tertiary alicyclic amines) is 2. The van der Waals surface area contributed by atoms with E-state index in [0.29, 0.717) is 29.9 Å². The van der Waals surface area contributed by atoms with Gasteiger partial charge in [-0.15, -0.1) is 0 Å². The Morgan fingerprint density at radius 3 is 2.22 bits per heavy atom. The van der Waals surface area contributed by atoms with E-state index in [-0.39, 0.29) is 16.9 Å². The fourth-order valence-corrected chi connectivity index (χ4v) is 7.15. The molecule has 2 aromatic rings. The number of nitrogens with one attached hydrogen (secondary N) is 1. The Labute approximate surface area is 213 Å². The SMILES string of the molecule is O=C(N1CC2(CCC(Cc3cnc(C(F)(F)F)cn3)CC2)C1)N1CC2(CC(c3n[nH]c(C4CC4)n3)C2)C1. The summed E-state index contributed by atoms with van der Waals surface area (Å²) in [5, 5.41) is 7.56. The van der Waals surface area contributed by atoms with Gasteiger partial charge in [-0.05, 0) is 63.7 Å². The van der Waals surface area contributed by atoms with Crippen LogP contribution in [0.2, 0.25) is 0 Å². The van der Waals surface area contributed by atoms with Gasteiger partial charge in [0.05, 0.1) is 11.9 Å². The summed E-state index contributed by atoms with van der Waals surface area (Å²) in [5.74, 6) is 3.44. The summed E-state index contributed by atoms with van der Waals surface area (Å²) in [7, 11) is 0. The van der Waals surface area contributed by atoms with Crippen LogP contribution in [0.25, 0.3) is 0 Å². The highest BCUT2D eigenvalue weighted by molar-refractivity contribution is 5.76. The van der Waals surface area contributed by atoms with E-state index in [1.165, 1.54) is 19.0 Å². The molecular formula is C26H32F3N7O. The standard InChI is InChI=1S/C26H32F3N7O/c27-26(28,29)20-11-30-19(10-31-20)7-16-3-5-24(6-4-16)12-35(13-24)23(37)36-14-25(15-36)8-18(9-25)22-32-21(33-34-22)17-1-2-17/h10-11,16-18H,1-9,12-15H2,(H,32,33,34). The van der Waals surface area contributed by atoms with Crippen molar-refractivity contribution in [1.29, 1.82) is 0 Å². The first-order valence-electron chi connectivity index (χ1n) is 13.5. The minimum atomic E-state index is -4.45. The Kier molecular flexibility index (Phi) is 5.15. The van der Waals surface area contributed by atoms with E-state index in [1.54, 1.807) is 0 Å². The van der Waals surface area contributed by atoms with Crippen molar-refractivity contribution in [3.8, 4) is 0 Å². The molecule has 5 aliphatic rings. The monoisotopic (exact) mass is 515 g/mol. The van der Waals surface area contributed by atoms with Crippen molar-refractivity contribution in [2.24, 2.45) is 16.7 Å². The molecule has 0 bridgehead atoms. The molecule has 2 saturated heterocycles. The molecule has 2 aliphatic heterocycles. The van der Waals surface area contributed by atoms with E-state index in [9.17, 15) is 18.0 Å². The van der Waals surface area contributed by atoms with Crippen LogP contribution in [-0.4, -0.2) is 67.2 Å². The lowest BCUT2D eigenvalue weighted by molar-refractivity contribution is -0.141. The number of hydrogen-bond donors (Lipinski definition) is 1. The van der Waals surface area contributed by atoms with Crippen molar-refractivity contribution < 1.29 is 18.0 Å². The van der Waals surface area contributed by atoms with Crippen molar-refractivity contribution >= 4 is 6.03 Å². The molecular weight excluding hydrogens is 483 g/mol. The van der Waals surface area contributed by atoms with Crippen LogP contribution in [0.5, 0.6) is 0 Å². The van der Waals surface area contributed by atoms with Gasteiger partial charge in [-0.2, -0.15) is 18.3 Å². The van der Waals surface area contributed by atoms with Crippen LogP contribution in [0, 0.1) is 16.7 Å². The normalized spacial score (nSPS) is 25.2. The highest BCUT2D eigenvalue weighted by Gasteiger charge is 2.57. The fourth-order valence-electron chi connectivity index (χ4n) is 7.15. The summed E-state index contributed by atoms with van der Waals surface area (Å²) in [5.41, 5.74) is 0.159. The summed E-state index contributed by atoms with van der Waals surface area (Å²) in [6, 6.07) is 0.177. The minimum Gasteiger partial charge on any atom is -0.323 e. The number of carbonyl (C=O) groups excluding carboxylic acids is 1. The first kappa shape index (κ1) is 23.4. The number of amides is 2. The van der Waals surface area contributed by atoms with Gasteiger partial charge in [0.2, 0.25) is 0 Å². The Balaban J connectivity index is 0.838. The third kappa shape index (κ3) is 4.27. The van der Waals surface area contributed by atoms with Crippen LogP contribution in [-0.2, 0) is 12.6 Å². The Hall–Kier alpha value is -2.72. The molecule has 8 nitrogen and oxygen atoms in total. The topological polar surface area (TPSA) is 90.9 Å². The number of carbonyl (C=O) groups is 1. The number of alkyl halides is 3. The Morgan fingerprint density at radius 2 is 1.62 bits per heavy atom. The van der Waals surface area contributed by atoms with Gasteiger partial charge in [0.1, 0.15) is 5.82 Å². The van der Waals surface area contributed by atoms with Gasteiger partial charge in [-0.3, -0.25) is 10.1 Å². The van der Waals surface area contributed by atoms with E-state index in [4.69, 9.17) is 4.98 Å². The molecule has 2 spiro atoms. The molecule has 0 atom stereocenters. The van der Waals surface area contributed by atoms with E-state index >= 15 is 0 Å². The molecule has 0 aromatic carbocycles. The number of aromatic amines is 1. The number of aromatic nitrogens is 5. The van der Waals surface area contributed by atoms with E-state index in [2.05, 4.69) is 20.2 Å². The zero-order chi connectivity index (χ0) is 25.4. The number of halogens is 3. The van der Waals surface area contributed by atoms with Crippen LogP contribution in [0.3, 0.4) is 0 Å².